The Kier molecular flexibility index (Phi) is 8.41. The monoisotopic (exact) mass is 576 g/mol. The maximum atomic E-state index is 15.3. The third kappa shape index (κ3) is 5.79. The summed E-state index contributed by atoms with van der Waals surface area (Å²) in [5.41, 5.74) is 1.30. The number of halogens is 1. The quantitative estimate of drug-likeness (QED) is 0.261. The van der Waals surface area contributed by atoms with Crippen LogP contribution in [0, 0.1) is 5.82 Å². The topological polar surface area (TPSA) is 110 Å². The molecular formula is C31H33FN4O6. The summed E-state index contributed by atoms with van der Waals surface area (Å²) in [6, 6.07) is 4.47. The van der Waals surface area contributed by atoms with Gasteiger partial charge in [-0.1, -0.05) is 18.2 Å². The molecule has 0 unspecified atom stereocenters. The van der Waals surface area contributed by atoms with Gasteiger partial charge < -0.3 is 33.4 Å². The number of likely N-dealkylation sites (N-methyl/N-ethyl adjacent to an activating group) is 2. The van der Waals surface area contributed by atoms with E-state index in [4.69, 9.17) is 13.9 Å². The van der Waals surface area contributed by atoms with Gasteiger partial charge in [-0.05, 0) is 40.3 Å². The molecule has 1 aromatic carbocycles. The van der Waals surface area contributed by atoms with Crippen molar-refractivity contribution in [2.75, 3.05) is 54.5 Å². The van der Waals surface area contributed by atoms with Crippen LogP contribution in [0.15, 0.2) is 53.3 Å². The molecule has 0 saturated carbocycles. The molecule has 0 saturated heterocycles. The number of hydrogen-bond acceptors (Lipinski definition) is 8. The van der Waals surface area contributed by atoms with Gasteiger partial charge in [-0.3, -0.25) is 4.79 Å². The number of carbonyl (C=O) groups excluding carboxylic acids is 1. The number of rotatable bonds is 12. The molecule has 11 heteroatoms. The molecule has 5 rings (SSSR count). The first-order valence-electron chi connectivity index (χ1n) is 13.5. The summed E-state index contributed by atoms with van der Waals surface area (Å²) in [5, 5.41) is 11.1. The van der Waals surface area contributed by atoms with Gasteiger partial charge in [0.1, 0.15) is 36.1 Å². The van der Waals surface area contributed by atoms with Crippen molar-refractivity contribution in [3.05, 3.63) is 71.5 Å². The van der Waals surface area contributed by atoms with E-state index in [1.54, 1.807) is 30.5 Å². The molecule has 0 fully saturated rings. The van der Waals surface area contributed by atoms with Crippen LogP contribution in [0.5, 0.6) is 11.6 Å². The molecule has 1 aliphatic rings. The third-order valence-corrected chi connectivity index (χ3v) is 7.03. The van der Waals surface area contributed by atoms with E-state index in [2.05, 4.69) is 4.98 Å². The molecule has 0 atom stereocenters. The minimum Gasteiger partial charge on any atom is -0.490 e. The van der Waals surface area contributed by atoms with Gasteiger partial charge in [0.2, 0.25) is 5.88 Å². The van der Waals surface area contributed by atoms with Crippen molar-refractivity contribution in [3.63, 3.8) is 0 Å². The number of fused-ring (bicyclic) bond motifs is 3. The molecule has 1 N–H and O–H groups in total. The van der Waals surface area contributed by atoms with Gasteiger partial charge >= 0.3 is 5.97 Å². The number of benzene rings is 1. The number of allylic oxidation sites excluding steroid dienone is 4. The Hall–Kier alpha value is -4.48. The largest absolute Gasteiger partial charge is 0.490 e. The highest BCUT2D eigenvalue weighted by Gasteiger charge is 2.31. The molecule has 0 aliphatic heterocycles. The number of carboxylic acids is 1. The normalized spacial score (nSPS) is 13.5. The van der Waals surface area contributed by atoms with Gasteiger partial charge in [0, 0.05) is 42.3 Å². The number of ketones is 1. The van der Waals surface area contributed by atoms with Crippen molar-refractivity contribution < 1.29 is 33.0 Å². The highest BCUT2D eigenvalue weighted by atomic mass is 19.1. The molecule has 42 heavy (non-hydrogen) atoms. The summed E-state index contributed by atoms with van der Waals surface area (Å²) >= 11 is 0. The summed E-state index contributed by atoms with van der Waals surface area (Å²) in [4.78, 5) is 34.3. The number of pyridine rings is 1. The number of nitrogens with zero attached hydrogens (tertiary/aromatic N) is 4. The standard InChI is InChI=1S/C31H33FN4O6/c1-34(2)10-13-40-25-17-33-26(41-14-11-35(3)4)15-19(25)18-36-23-16-22(32)20-9-12-42-30(20)28(23)27(29(36)31(38)39)21-7-5-6-8-24(21)37/h5-7,9,12,15-17H,8,10-11,13-14,18H2,1-4H3,(H,38,39). The minimum atomic E-state index is -1.27. The third-order valence-electron chi connectivity index (χ3n) is 7.03. The summed E-state index contributed by atoms with van der Waals surface area (Å²) in [5.74, 6) is -1.29. The number of aromatic nitrogens is 2. The second-order valence-electron chi connectivity index (χ2n) is 10.6. The maximum Gasteiger partial charge on any atom is 0.353 e. The Labute approximate surface area is 242 Å². The van der Waals surface area contributed by atoms with Gasteiger partial charge in [-0.25, -0.2) is 14.2 Å². The second-order valence-corrected chi connectivity index (χ2v) is 10.6. The molecular weight excluding hydrogens is 543 g/mol. The van der Waals surface area contributed by atoms with Crippen molar-refractivity contribution in [1.82, 2.24) is 19.4 Å². The van der Waals surface area contributed by atoms with E-state index in [0.29, 0.717) is 48.9 Å². The van der Waals surface area contributed by atoms with Gasteiger partial charge in [0.25, 0.3) is 0 Å². The maximum absolute atomic E-state index is 15.3. The SMILES string of the molecule is CN(C)CCOc1cc(Cn2c(C(=O)O)c(C3=CC=CCC3=O)c3c4occc4c(F)cc32)c(OCCN(C)C)cn1. The molecule has 3 heterocycles. The molecule has 220 valence electrons. The molecule has 1 aliphatic carbocycles. The van der Waals surface area contributed by atoms with Gasteiger partial charge in [0.05, 0.1) is 35.3 Å². The fourth-order valence-electron chi connectivity index (χ4n) is 4.96. The fraction of sp³-hybridized carbons (Fsp3) is 0.323. The predicted molar refractivity (Wildman–Crippen MR) is 157 cm³/mol. The van der Waals surface area contributed by atoms with Crippen LogP contribution in [0.1, 0.15) is 28.0 Å². The summed E-state index contributed by atoms with van der Waals surface area (Å²) < 4.78 is 34.4. The van der Waals surface area contributed by atoms with E-state index >= 15 is 4.39 Å². The van der Waals surface area contributed by atoms with Crippen LogP contribution in [0.4, 0.5) is 4.39 Å². The van der Waals surface area contributed by atoms with E-state index in [-0.39, 0.29) is 52.1 Å². The number of ether oxygens (including phenoxy) is 2. The van der Waals surface area contributed by atoms with Crippen molar-refractivity contribution in [3.8, 4) is 11.6 Å². The van der Waals surface area contributed by atoms with Gasteiger partial charge in [-0.15, -0.1) is 0 Å². The molecule has 0 spiro atoms. The highest BCUT2D eigenvalue weighted by molar-refractivity contribution is 6.29. The Morgan fingerprint density at radius 1 is 1.14 bits per heavy atom. The smallest absolute Gasteiger partial charge is 0.353 e. The van der Waals surface area contributed by atoms with Gasteiger partial charge in [0.15, 0.2) is 5.78 Å². The Balaban J connectivity index is 1.71. The molecule has 3 aromatic heterocycles. The number of carboxylic acid groups (broad SMARTS) is 1. The number of Topliss-reactive ketones (excluding diaryl/α,β-unsaturated/α-hetero) is 1. The van der Waals surface area contributed by atoms with Crippen LogP contribution >= 0.6 is 0 Å². The lowest BCUT2D eigenvalue weighted by Crippen LogP contribution is -2.21. The lowest BCUT2D eigenvalue weighted by molar-refractivity contribution is -0.113. The summed E-state index contributed by atoms with van der Waals surface area (Å²) in [7, 11) is 7.72. The number of furan rings is 1. The lowest BCUT2D eigenvalue weighted by atomic mass is 9.93. The number of hydrogen-bond donors (Lipinski definition) is 1. The van der Waals surface area contributed by atoms with Crippen molar-refractivity contribution in [2.45, 2.75) is 13.0 Å². The molecule has 0 bridgehead atoms. The average molecular weight is 577 g/mol. The average Bonchev–Trinajstić information content (AvgIpc) is 3.54. The van der Waals surface area contributed by atoms with Crippen molar-refractivity contribution in [2.24, 2.45) is 0 Å². The highest BCUT2D eigenvalue weighted by Crippen LogP contribution is 2.40. The summed E-state index contributed by atoms with van der Waals surface area (Å²) in [6.07, 6.45) is 8.04. The zero-order valence-corrected chi connectivity index (χ0v) is 24.0. The fourth-order valence-corrected chi connectivity index (χ4v) is 4.96. The van der Waals surface area contributed by atoms with Crippen LogP contribution in [-0.2, 0) is 11.3 Å². The molecule has 0 amide bonds. The van der Waals surface area contributed by atoms with Crippen LogP contribution in [0.3, 0.4) is 0 Å². The van der Waals surface area contributed by atoms with Crippen molar-refractivity contribution in [1.29, 1.82) is 0 Å². The predicted octanol–water partition coefficient (Wildman–Crippen LogP) is 4.46. The van der Waals surface area contributed by atoms with Crippen LogP contribution in [0.25, 0.3) is 27.4 Å². The van der Waals surface area contributed by atoms with E-state index in [9.17, 15) is 14.7 Å². The van der Waals surface area contributed by atoms with E-state index in [1.807, 2.05) is 38.0 Å². The minimum absolute atomic E-state index is 0.0229. The van der Waals surface area contributed by atoms with Crippen LogP contribution < -0.4 is 9.47 Å². The number of carbonyl (C=O) groups is 2. The Morgan fingerprint density at radius 2 is 1.88 bits per heavy atom. The lowest BCUT2D eigenvalue weighted by Gasteiger charge is -2.17. The van der Waals surface area contributed by atoms with Gasteiger partial charge in [-0.2, -0.15) is 0 Å². The second kappa shape index (κ2) is 12.2. The van der Waals surface area contributed by atoms with E-state index in [0.717, 1.165) is 0 Å². The molecule has 0 radical (unpaired) electrons. The zero-order valence-electron chi connectivity index (χ0n) is 24.0. The van der Waals surface area contributed by atoms with E-state index < -0.39 is 11.8 Å². The molecule has 10 nitrogen and oxygen atoms in total. The first-order chi connectivity index (χ1) is 20.2. The Morgan fingerprint density at radius 3 is 2.57 bits per heavy atom. The summed E-state index contributed by atoms with van der Waals surface area (Å²) in [6.45, 7) is 2.04. The zero-order chi connectivity index (χ0) is 30.0. The Bertz CT molecular complexity index is 1720. The molecule has 4 aromatic rings. The number of aromatic carboxylic acids is 1. The van der Waals surface area contributed by atoms with Crippen LogP contribution in [0.2, 0.25) is 0 Å². The first kappa shape index (κ1) is 29.0. The first-order valence-corrected chi connectivity index (χ1v) is 13.5. The van der Waals surface area contributed by atoms with E-state index in [1.165, 1.54) is 23.0 Å². The van der Waals surface area contributed by atoms with Crippen LogP contribution in [-0.4, -0.2) is 90.7 Å². The van der Waals surface area contributed by atoms with Crippen molar-refractivity contribution >= 4 is 39.2 Å².